The molecular weight excluding hydrogens is 263 g/mol. The lowest BCUT2D eigenvalue weighted by Crippen LogP contribution is -2.58. The van der Waals surface area contributed by atoms with Crippen LogP contribution in [0.4, 0.5) is 4.39 Å². The molecule has 0 radical (unpaired) electrons. The third-order valence-corrected chi connectivity index (χ3v) is 4.88. The summed E-state index contributed by atoms with van der Waals surface area (Å²) in [5.74, 6) is -0.171. The van der Waals surface area contributed by atoms with Crippen molar-refractivity contribution in [1.82, 2.24) is 4.90 Å². The van der Waals surface area contributed by atoms with E-state index in [-0.39, 0.29) is 11.4 Å². The average Bonchev–Trinajstić information content (AvgIpc) is 2.50. The maximum Gasteiger partial charge on any atom is 0.123 e. The summed E-state index contributed by atoms with van der Waals surface area (Å²) in [4.78, 5) is 2.63. The minimum Gasteiger partial charge on any atom is -0.329 e. The van der Waals surface area contributed by atoms with Crippen molar-refractivity contribution in [2.45, 2.75) is 64.0 Å². The van der Waals surface area contributed by atoms with Crippen molar-refractivity contribution in [2.24, 2.45) is 5.73 Å². The third-order valence-electron chi connectivity index (χ3n) is 4.88. The Morgan fingerprint density at radius 1 is 1.29 bits per heavy atom. The summed E-state index contributed by atoms with van der Waals surface area (Å²) in [6.45, 7) is 6.31. The summed E-state index contributed by atoms with van der Waals surface area (Å²) in [5.41, 5.74) is 7.30. The second-order valence-corrected chi connectivity index (χ2v) is 6.64. The number of hydrogen-bond acceptors (Lipinski definition) is 2. The Hall–Kier alpha value is -0.930. The van der Waals surface area contributed by atoms with Crippen molar-refractivity contribution in [2.75, 3.05) is 13.1 Å². The lowest BCUT2D eigenvalue weighted by atomic mass is 9.85. The van der Waals surface area contributed by atoms with E-state index in [1.54, 1.807) is 12.1 Å². The first-order valence-electron chi connectivity index (χ1n) is 8.30. The molecule has 1 heterocycles. The fourth-order valence-corrected chi connectivity index (χ4v) is 3.68. The highest BCUT2D eigenvalue weighted by molar-refractivity contribution is 5.19. The summed E-state index contributed by atoms with van der Waals surface area (Å²) >= 11 is 0. The molecule has 0 bridgehead atoms. The first kappa shape index (κ1) is 16.4. The smallest absolute Gasteiger partial charge is 0.123 e. The monoisotopic (exact) mass is 292 g/mol. The van der Waals surface area contributed by atoms with E-state index in [2.05, 4.69) is 18.7 Å². The van der Waals surface area contributed by atoms with Gasteiger partial charge in [0.1, 0.15) is 5.82 Å². The Morgan fingerprint density at radius 3 is 2.62 bits per heavy atom. The molecule has 1 aromatic carbocycles. The van der Waals surface area contributed by atoms with Gasteiger partial charge in [-0.25, -0.2) is 4.39 Å². The predicted octanol–water partition coefficient (Wildman–Crippen LogP) is 3.74. The Balaban J connectivity index is 2.15. The second-order valence-electron chi connectivity index (χ2n) is 6.64. The van der Waals surface area contributed by atoms with Crippen LogP contribution in [0.1, 0.15) is 51.5 Å². The van der Waals surface area contributed by atoms with E-state index in [1.165, 1.54) is 37.7 Å². The summed E-state index contributed by atoms with van der Waals surface area (Å²) in [5, 5.41) is 0. The van der Waals surface area contributed by atoms with E-state index in [0.29, 0.717) is 12.6 Å². The number of halogens is 1. The molecule has 2 atom stereocenters. The van der Waals surface area contributed by atoms with Crippen LogP contribution in [0.2, 0.25) is 0 Å². The fourth-order valence-electron chi connectivity index (χ4n) is 3.68. The van der Waals surface area contributed by atoms with Crippen molar-refractivity contribution in [1.29, 1.82) is 0 Å². The van der Waals surface area contributed by atoms with Crippen molar-refractivity contribution in [3.05, 3.63) is 35.6 Å². The molecule has 2 rings (SSSR count). The number of nitrogens with zero attached hydrogens (tertiary/aromatic N) is 1. The van der Waals surface area contributed by atoms with Gasteiger partial charge in [0.2, 0.25) is 0 Å². The van der Waals surface area contributed by atoms with Crippen LogP contribution in [-0.2, 0) is 6.42 Å². The number of piperidine rings is 1. The number of rotatable bonds is 6. The minimum atomic E-state index is -0.171. The van der Waals surface area contributed by atoms with Crippen molar-refractivity contribution in [3.63, 3.8) is 0 Å². The van der Waals surface area contributed by atoms with Gasteiger partial charge in [0.15, 0.2) is 0 Å². The molecule has 1 aromatic rings. The molecule has 0 amide bonds. The van der Waals surface area contributed by atoms with Gasteiger partial charge in [-0.3, -0.25) is 4.90 Å². The van der Waals surface area contributed by atoms with Gasteiger partial charge in [-0.05, 0) is 56.8 Å². The zero-order valence-electron chi connectivity index (χ0n) is 13.4. The van der Waals surface area contributed by atoms with Gasteiger partial charge in [0.25, 0.3) is 0 Å². The van der Waals surface area contributed by atoms with E-state index in [0.717, 1.165) is 13.0 Å². The third kappa shape index (κ3) is 4.04. The van der Waals surface area contributed by atoms with Crippen molar-refractivity contribution < 1.29 is 4.39 Å². The van der Waals surface area contributed by atoms with Crippen LogP contribution in [0.15, 0.2) is 24.3 Å². The molecule has 2 N–H and O–H groups in total. The number of likely N-dealkylation sites (tertiary alicyclic amines) is 1. The van der Waals surface area contributed by atoms with Gasteiger partial charge in [0, 0.05) is 18.1 Å². The fraction of sp³-hybridized carbons (Fsp3) is 0.667. The molecule has 0 saturated carbocycles. The van der Waals surface area contributed by atoms with Crippen molar-refractivity contribution in [3.8, 4) is 0 Å². The van der Waals surface area contributed by atoms with Gasteiger partial charge < -0.3 is 5.73 Å². The summed E-state index contributed by atoms with van der Waals surface area (Å²) in [6.07, 6.45) is 7.24. The zero-order valence-corrected chi connectivity index (χ0v) is 13.4. The van der Waals surface area contributed by atoms with Gasteiger partial charge in [0.05, 0.1) is 0 Å². The molecule has 0 spiro atoms. The van der Waals surface area contributed by atoms with Crippen molar-refractivity contribution >= 4 is 0 Å². The van der Waals surface area contributed by atoms with Gasteiger partial charge in [-0.2, -0.15) is 0 Å². The molecule has 21 heavy (non-hydrogen) atoms. The number of benzene rings is 1. The first-order chi connectivity index (χ1) is 10.1. The molecule has 2 nitrogen and oxygen atoms in total. The largest absolute Gasteiger partial charge is 0.329 e. The highest BCUT2D eigenvalue weighted by Crippen LogP contribution is 2.30. The second kappa shape index (κ2) is 7.37. The molecule has 118 valence electrons. The van der Waals surface area contributed by atoms with E-state index in [9.17, 15) is 4.39 Å². The molecular formula is C18H29FN2. The Bertz CT molecular complexity index is 429. The van der Waals surface area contributed by atoms with E-state index >= 15 is 0 Å². The van der Waals surface area contributed by atoms with Crippen LogP contribution in [0.5, 0.6) is 0 Å². The van der Waals surface area contributed by atoms with E-state index in [1.807, 2.05) is 12.1 Å². The molecule has 0 aromatic heterocycles. The lowest BCUT2D eigenvalue weighted by molar-refractivity contribution is 0.0291. The molecule has 3 heteroatoms. The summed E-state index contributed by atoms with van der Waals surface area (Å²) in [7, 11) is 0. The zero-order chi connectivity index (χ0) is 15.3. The van der Waals surface area contributed by atoms with Crippen LogP contribution in [0.25, 0.3) is 0 Å². The maximum atomic E-state index is 13.1. The SMILES string of the molecule is CCCC1CCCCN1C(C)(CN)Cc1ccc(F)cc1. The van der Waals surface area contributed by atoms with Crippen LogP contribution in [0.3, 0.4) is 0 Å². The minimum absolute atomic E-state index is 0.0297. The van der Waals surface area contributed by atoms with Gasteiger partial charge >= 0.3 is 0 Å². The molecule has 1 fully saturated rings. The van der Waals surface area contributed by atoms with Gasteiger partial charge in [-0.15, -0.1) is 0 Å². The first-order valence-corrected chi connectivity index (χ1v) is 8.30. The van der Waals surface area contributed by atoms with Crippen LogP contribution < -0.4 is 5.73 Å². The maximum absolute atomic E-state index is 13.1. The Morgan fingerprint density at radius 2 is 2.00 bits per heavy atom. The number of nitrogens with two attached hydrogens (primary N) is 1. The summed E-state index contributed by atoms with van der Waals surface area (Å²) < 4.78 is 13.1. The standard InChI is InChI=1S/C18H29FN2/c1-3-6-17-7-4-5-12-21(17)18(2,14-20)13-15-8-10-16(19)11-9-15/h8-11,17H,3-7,12-14,20H2,1-2H3. The average molecular weight is 292 g/mol. The molecule has 0 aliphatic carbocycles. The lowest BCUT2D eigenvalue weighted by Gasteiger charge is -2.48. The molecule has 1 aliphatic rings. The Labute approximate surface area is 128 Å². The quantitative estimate of drug-likeness (QED) is 0.865. The highest BCUT2D eigenvalue weighted by atomic mass is 19.1. The molecule has 1 saturated heterocycles. The molecule has 1 aliphatic heterocycles. The van der Waals surface area contributed by atoms with Crippen LogP contribution in [0, 0.1) is 5.82 Å². The summed E-state index contributed by atoms with van der Waals surface area (Å²) in [6, 6.07) is 7.53. The Kier molecular flexibility index (Phi) is 5.77. The highest BCUT2D eigenvalue weighted by Gasteiger charge is 2.36. The normalized spacial score (nSPS) is 23.0. The number of hydrogen-bond donors (Lipinski definition) is 1. The van der Waals surface area contributed by atoms with Crippen LogP contribution in [-0.4, -0.2) is 29.6 Å². The topological polar surface area (TPSA) is 29.3 Å². The molecule has 2 unspecified atom stereocenters. The van der Waals surface area contributed by atoms with Gasteiger partial charge in [-0.1, -0.05) is 31.9 Å². The van der Waals surface area contributed by atoms with E-state index in [4.69, 9.17) is 5.73 Å². The predicted molar refractivity (Wildman–Crippen MR) is 86.8 cm³/mol. The van der Waals surface area contributed by atoms with E-state index < -0.39 is 0 Å². The van der Waals surface area contributed by atoms with Crippen LogP contribution >= 0.6 is 0 Å².